The van der Waals surface area contributed by atoms with Gasteiger partial charge in [0.15, 0.2) is 0 Å². The lowest BCUT2D eigenvalue weighted by Gasteiger charge is -2.17. The van der Waals surface area contributed by atoms with Gasteiger partial charge in [-0.05, 0) is 29.3 Å². The van der Waals surface area contributed by atoms with Gasteiger partial charge in [0.05, 0.1) is 11.1 Å². The summed E-state index contributed by atoms with van der Waals surface area (Å²) in [6.07, 6.45) is -4.94. The van der Waals surface area contributed by atoms with Crippen LogP contribution in [0.5, 0.6) is 0 Å². The van der Waals surface area contributed by atoms with E-state index in [0.29, 0.717) is 11.6 Å². The van der Waals surface area contributed by atoms with Gasteiger partial charge in [0.1, 0.15) is 4.90 Å². The van der Waals surface area contributed by atoms with E-state index < -0.39 is 26.7 Å². The van der Waals surface area contributed by atoms with Crippen molar-refractivity contribution in [3.63, 3.8) is 0 Å². The Morgan fingerprint density at radius 2 is 1.73 bits per heavy atom. The van der Waals surface area contributed by atoms with E-state index in [2.05, 4.69) is 20.6 Å². The third kappa shape index (κ3) is 3.30. The number of aromatic nitrogens is 4. The van der Waals surface area contributed by atoms with Crippen molar-refractivity contribution in [3.8, 4) is 22.5 Å². The first-order valence-corrected chi connectivity index (χ1v) is 8.71. The van der Waals surface area contributed by atoms with Crippen LogP contribution in [-0.2, 0) is 16.2 Å². The molecule has 0 fully saturated rings. The largest absolute Gasteiger partial charge is 0.417 e. The average Bonchev–Trinajstić information content (AvgIpc) is 3.06. The number of H-pyrrole nitrogens is 1. The summed E-state index contributed by atoms with van der Waals surface area (Å²) in [4.78, 5) is -1.09. The van der Waals surface area contributed by atoms with Gasteiger partial charge in [-0.15, -0.1) is 10.2 Å². The Balaban J connectivity index is 2.46. The normalized spacial score (nSPS) is 12.3. The smallest absolute Gasteiger partial charge is 0.225 e. The summed E-state index contributed by atoms with van der Waals surface area (Å²) in [6.45, 7) is 1.84. The molecule has 0 radical (unpaired) electrons. The molecule has 0 unspecified atom stereocenters. The molecule has 0 aliphatic rings. The van der Waals surface area contributed by atoms with Crippen molar-refractivity contribution >= 4 is 10.0 Å². The molecule has 3 N–H and O–H groups in total. The van der Waals surface area contributed by atoms with Crippen LogP contribution in [0.1, 0.15) is 11.1 Å². The van der Waals surface area contributed by atoms with Gasteiger partial charge in [0, 0.05) is 0 Å². The summed E-state index contributed by atoms with van der Waals surface area (Å²) in [7, 11) is -4.75. The lowest BCUT2D eigenvalue weighted by molar-refractivity contribution is -0.139. The van der Waals surface area contributed by atoms with Crippen molar-refractivity contribution in [2.24, 2.45) is 5.14 Å². The predicted octanol–water partition coefficient (Wildman–Crippen LogP) is 2.51. The number of hydrogen-bond acceptors (Lipinski definition) is 5. The van der Waals surface area contributed by atoms with Crippen molar-refractivity contribution in [1.29, 1.82) is 0 Å². The molecule has 0 spiro atoms. The molecule has 11 heteroatoms. The van der Waals surface area contributed by atoms with E-state index in [1.807, 2.05) is 6.92 Å². The molecule has 136 valence electrons. The van der Waals surface area contributed by atoms with Crippen LogP contribution in [0.3, 0.4) is 0 Å². The van der Waals surface area contributed by atoms with Gasteiger partial charge >= 0.3 is 6.18 Å². The molecule has 0 aliphatic heterocycles. The zero-order valence-corrected chi connectivity index (χ0v) is 14.1. The number of benzene rings is 2. The molecule has 1 heterocycles. The van der Waals surface area contributed by atoms with Crippen LogP contribution in [-0.4, -0.2) is 29.0 Å². The first-order valence-electron chi connectivity index (χ1n) is 7.17. The molecule has 26 heavy (non-hydrogen) atoms. The lowest BCUT2D eigenvalue weighted by Crippen LogP contribution is -2.21. The molecule has 1 aromatic heterocycles. The Labute approximate surface area is 146 Å². The topological polar surface area (TPSA) is 115 Å². The fourth-order valence-electron chi connectivity index (χ4n) is 2.56. The van der Waals surface area contributed by atoms with Gasteiger partial charge in [-0.1, -0.05) is 35.9 Å². The maximum atomic E-state index is 13.4. The number of rotatable bonds is 3. The Kier molecular flexibility index (Phi) is 4.28. The Morgan fingerprint density at radius 3 is 2.23 bits per heavy atom. The van der Waals surface area contributed by atoms with Crippen LogP contribution in [0.4, 0.5) is 13.2 Å². The number of alkyl halides is 3. The average molecular weight is 383 g/mol. The van der Waals surface area contributed by atoms with Crippen molar-refractivity contribution in [1.82, 2.24) is 20.6 Å². The monoisotopic (exact) mass is 383 g/mol. The van der Waals surface area contributed by atoms with Crippen LogP contribution < -0.4 is 5.14 Å². The van der Waals surface area contributed by atoms with Crippen molar-refractivity contribution in [2.45, 2.75) is 18.0 Å². The SMILES string of the molecule is Cc1ccc(-c2ccc(C(F)(F)F)c(S(N)(=O)=O)c2-c2nn[nH]n2)cc1. The van der Waals surface area contributed by atoms with E-state index in [1.54, 1.807) is 24.3 Å². The number of aromatic amines is 1. The fourth-order valence-corrected chi connectivity index (χ4v) is 3.54. The molecule has 0 bridgehead atoms. The molecule has 7 nitrogen and oxygen atoms in total. The minimum absolute atomic E-state index is 0.184. The Hall–Kier alpha value is -2.79. The third-order valence-corrected chi connectivity index (χ3v) is 4.67. The highest BCUT2D eigenvalue weighted by molar-refractivity contribution is 7.89. The second-order valence-corrected chi connectivity index (χ2v) is 7.01. The van der Waals surface area contributed by atoms with Crippen LogP contribution >= 0.6 is 0 Å². The summed E-state index contributed by atoms with van der Waals surface area (Å²) in [5.74, 6) is -0.310. The highest BCUT2D eigenvalue weighted by Crippen LogP contribution is 2.42. The van der Waals surface area contributed by atoms with Gasteiger partial charge in [-0.3, -0.25) is 0 Å². The molecule has 0 atom stereocenters. The summed E-state index contributed by atoms with van der Waals surface area (Å²) < 4.78 is 64.3. The third-order valence-electron chi connectivity index (χ3n) is 3.68. The number of halogens is 3. The van der Waals surface area contributed by atoms with Gasteiger partial charge in [-0.2, -0.15) is 18.4 Å². The number of primary sulfonamides is 1. The van der Waals surface area contributed by atoms with E-state index in [4.69, 9.17) is 5.14 Å². The van der Waals surface area contributed by atoms with E-state index in [9.17, 15) is 21.6 Å². The molecule has 3 rings (SSSR count). The summed E-state index contributed by atoms with van der Waals surface area (Å²) in [5.41, 5.74) is -0.165. The van der Waals surface area contributed by atoms with Crippen LogP contribution in [0.25, 0.3) is 22.5 Å². The fraction of sp³-hybridized carbons (Fsp3) is 0.133. The minimum atomic E-state index is -4.94. The number of nitrogens with zero attached hydrogens (tertiary/aromatic N) is 3. The standard InChI is InChI=1S/C15H12F3N5O2S/c1-8-2-4-9(5-3-8)10-6-7-11(15(16,17)18)13(26(19,24)25)12(10)14-20-22-23-21-14/h2-7H,1H3,(H2,19,24,25)(H,20,21,22,23). The number of nitrogens with one attached hydrogen (secondary N) is 1. The number of sulfonamides is 1. The van der Waals surface area contributed by atoms with Crippen LogP contribution in [0.2, 0.25) is 0 Å². The summed E-state index contributed by atoms with van der Waals surface area (Å²) >= 11 is 0. The highest BCUT2D eigenvalue weighted by atomic mass is 32.2. The molecule has 0 saturated carbocycles. The van der Waals surface area contributed by atoms with E-state index in [1.165, 1.54) is 0 Å². The molecule has 2 aromatic carbocycles. The van der Waals surface area contributed by atoms with Gasteiger partial charge in [-0.25, -0.2) is 13.6 Å². The van der Waals surface area contributed by atoms with Crippen molar-refractivity contribution in [3.05, 3.63) is 47.5 Å². The first-order chi connectivity index (χ1) is 12.1. The van der Waals surface area contributed by atoms with Crippen molar-refractivity contribution in [2.75, 3.05) is 0 Å². The molecular weight excluding hydrogens is 371 g/mol. The second-order valence-electron chi connectivity index (χ2n) is 5.51. The number of hydrogen-bond donors (Lipinski definition) is 2. The quantitative estimate of drug-likeness (QED) is 0.721. The van der Waals surface area contributed by atoms with Crippen LogP contribution in [0.15, 0.2) is 41.3 Å². The van der Waals surface area contributed by atoms with Gasteiger partial charge < -0.3 is 0 Å². The predicted molar refractivity (Wildman–Crippen MR) is 86.2 cm³/mol. The zero-order chi connectivity index (χ0) is 19.1. The Bertz CT molecular complexity index is 1050. The number of tetrazole rings is 1. The molecule has 3 aromatic rings. The number of nitrogens with two attached hydrogens (primary N) is 1. The van der Waals surface area contributed by atoms with Crippen LogP contribution in [0, 0.1) is 6.92 Å². The molecule has 0 amide bonds. The zero-order valence-electron chi connectivity index (χ0n) is 13.2. The summed E-state index contributed by atoms with van der Waals surface area (Å²) in [5, 5.41) is 17.8. The summed E-state index contributed by atoms with van der Waals surface area (Å²) in [6, 6.07) is 8.61. The lowest BCUT2D eigenvalue weighted by atomic mass is 9.96. The molecular formula is C15H12F3N5O2S. The maximum Gasteiger partial charge on any atom is 0.417 e. The molecule has 0 aliphatic carbocycles. The van der Waals surface area contributed by atoms with Crippen molar-refractivity contribution < 1.29 is 21.6 Å². The van der Waals surface area contributed by atoms with E-state index in [-0.39, 0.29) is 17.0 Å². The van der Waals surface area contributed by atoms with E-state index in [0.717, 1.165) is 11.6 Å². The number of aryl methyl sites for hydroxylation is 1. The van der Waals surface area contributed by atoms with Gasteiger partial charge in [0.25, 0.3) is 0 Å². The highest BCUT2D eigenvalue weighted by Gasteiger charge is 2.39. The second kappa shape index (κ2) is 6.18. The molecule has 0 saturated heterocycles. The van der Waals surface area contributed by atoms with E-state index >= 15 is 0 Å². The van der Waals surface area contributed by atoms with Gasteiger partial charge in [0.2, 0.25) is 15.8 Å². The Morgan fingerprint density at radius 1 is 1.08 bits per heavy atom. The first kappa shape index (κ1) is 18.0. The minimum Gasteiger partial charge on any atom is -0.225 e. The maximum absolute atomic E-state index is 13.4.